The molecule has 1 aliphatic heterocycles. The molecule has 1 fully saturated rings. The lowest BCUT2D eigenvalue weighted by Gasteiger charge is -2.31. The van der Waals surface area contributed by atoms with Gasteiger partial charge in [0.2, 0.25) is 5.13 Å². The summed E-state index contributed by atoms with van der Waals surface area (Å²) in [6.45, 7) is 4.28. The van der Waals surface area contributed by atoms with Crippen molar-refractivity contribution in [1.29, 1.82) is 0 Å². The molecular weight excluding hydrogens is 208 g/mol. The number of hydrogen-bond acceptors (Lipinski definition) is 5. The van der Waals surface area contributed by atoms with E-state index in [1.165, 1.54) is 24.4 Å². The minimum absolute atomic E-state index is 0.604. The second-order valence-electron chi connectivity index (χ2n) is 3.92. The SMILES string of the molecule is CCc1nsc(N2CCCC(NC)C2)n1. The Morgan fingerprint density at radius 3 is 3.13 bits per heavy atom. The molecule has 0 aromatic carbocycles. The minimum atomic E-state index is 0.604. The summed E-state index contributed by atoms with van der Waals surface area (Å²) in [4.78, 5) is 6.88. The summed E-state index contributed by atoms with van der Waals surface area (Å²) in [5.74, 6) is 0.974. The fraction of sp³-hybridized carbons (Fsp3) is 0.800. The molecule has 1 aromatic rings. The molecule has 0 radical (unpaired) electrons. The molecule has 1 unspecified atom stereocenters. The molecule has 1 saturated heterocycles. The minimum Gasteiger partial charge on any atom is -0.345 e. The summed E-state index contributed by atoms with van der Waals surface area (Å²) in [6.07, 6.45) is 3.44. The molecule has 1 aliphatic rings. The third-order valence-electron chi connectivity index (χ3n) is 2.87. The Morgan fingerprint density at radius 1 is 1.60 bits per heavy atom. The third kappa shape index (κ3) is 2.46. The lowest BCUT2D eigenvalue weighted by atomic mass is 10.1. The van der Waals surface area contributed by atoms with Crippen molar-refractivity contribution in [2.45, 2.75) is 32.2 Å². The van der Waals surface area contributed by atoms with Crippen LogP contribution >= 0.6 is 11.5 Å². The summed E-state index contributed by atoms with van der Waals surface area (Å²) >= 11 is 1.53. The number of nitrogens with zero attached hydrogens (tertiary/aromatic N) is 3. The number of aryl methyl sites for hydroxylation is 1. The van der Waals surface area contributed by atoms with Crippen LogP contribution < -0.4 is 10.2 Å². The van der Waals surface area contributed by atoms with Gasteiger partial charge in [-0.2, -0.15) is 4.37 Å². The topological polar surface area (TPSA) is 41.1 Å². The molecular formula is C10H18N4S. The van der Waals surface area contributed by atoms with Crippen LogP contribution in [0.2, 0.25) is 0 Å². The highest BCUT2D eigenvalue weighted by Crippen LogP contribution is 2.21. The van der Waals surface area contributed by atoms with Gasteiger partial charge in [0.1, 0.15) is 5.82 Å². The van der Waals surface area contributed by atoms with E-state index in [2.05, 4.69) is 26.5 Å². The van der Waals surface area contributed by atoms with Gasteiger partial charge in [-0.3, -0.25) is 0 Å². The normalized spacial score (nSPS) is 22.0. The zero-order chi connectivity index (χ0) is 10.7. The van der Waals surface area contributed by atoms with Crippen LogP contribution in [0.3, 0.4) is 0 Å². The van der Waals surface area contributed by atoms with Crippen molar-refractivity contribution in [2.75, 3.05) is 25.0 Å². The van der Waals surface area contributed by atoms with Crippen LogP contribution in [0, 0.1) is 0 Å². The summed E-state index contributed by atoms with van der Waals surface area (Å²) in [6, 6.07) is 0.604. The van der Waals surface area contributed by atoms with Gasteiger partial charge in [-0.15, -0.1) is 0 Å². The van der Waals surface area contributed by atoms with Crippen molar-refractivity contribution in [3.05, 3.63) is 5.82 Å². The second-order valence-corrected chi connectivity index (χ2v) is 4.65. The Balaban J connectivity index is 2.03. The first-order valence-corrected chi connectivity index (χ1v) is 6.35. The molecule has 2 rings (SSSR count). The number of nitrogens with one attached hydrogen (secondary N) is 1. The summed E-state index contributed by atoms with van der Waals surface area (Å²) in [5, 5.41) is 4.43. The number of hydrogen-bond donors (Lipinski definition) is 1. The van der Waals surface area contributed by atoms with Crippen molar-refractivity contribution in [3.63, 3.8) is 0 Å². The summed E-state index contributed by atoms with van der Waals surface area (Å²) in [7, 11) is 2.03. The Labute approximate surface area is 94.9 Å². The van der Waals surface area contributed by atoms with Crippen LogP contribution in [0.4, 0.5) is 5.13 Å². The van der Waals surface area contributed by atoms with Gasteiger partial charge in [0, 0.05) is 37.1 Å². The van der Waals surface area contributed by atoms with Gasteiger partial charge in [-0.05, 0) is 19.9 Å². The first kappa shape index (κ1) is 10.8. The zero-order valence-electron chi connectivity index (χ0n) is 9.36. The van der Waals surface area contributed by atoms with Gasteiger partial charge < -0.3 is 10.2 Å². The van der Waals surface area contributed by atoms with E-state index in [4.69, 9.17) is 0 Å². The monoisotopic (exact) mass is 226 g/mol. The van der Waals surface area contributed by atoms with Gasteiger partial charge in [0.25, 0.3) is 0 Å². The molecule has 15 heavy (non-hydrogen) atoms. The predicted molar refractivity (Wildman–Crippen MR) is 63.6 cm³/mol. The van der Waals surface area contributed by atoms with E-state index in [1.807, 2.05) is 7.05 Å². The molecule has 1 atom stereocenters. The van der Waals surface area contributed by atoms with E-state index in [9.17, 15) is 0 Å². The number of piperidine rings is 1. The molecule has 5 heteroatoms. The van der Waals surface area contributed by atoms with Gasteiger partial charge in [0.05, 0.1) is 0 Å². The fourth-order valence-electron chi connectivity index (χ4n) is 1.90. The predicted octanol–water partition coefficient (Wildman–Crippen LogP) is 1.29. The van der Waals surface area contributed by atoms with Crippen molar-refractivity contribution in [2.24, 2.45) is 0 Å². The van der Waals surface area contributed by atoms with Crippen molar-refractivity contribution >= 4 is 16.7 Å². The average Bonchev–Trinajstić information content (AvgIpc) is 2.78. The van der Waals surface area contributed by atoms with Crippen LogP contribution in [0.5, 0.6) is 0 Å². The van der Waals surface area contributed by atoms with E-state index in [0.717, 1.165) is 30.5 Å². The molecule has 4 nitrogen and oxygen atoms in total. The van der Waals surface area contributed by atoms with Crippen LogP contribution in [0.25, 0.3) is 0 Å². The van der Waals surface area contributed by atoms with E-state index in [1.54, 1.807) is 0 Å². The standard InChI is InChI=1S/C10H18N4S/c1-3-9-12-10(15-13-9)14-6-4-5-8(7-14)11-2/h8,11H,3-7H2,1-2H3. The molecule has 2 heterocycles. The van der Waals surface area contributed by atoms with Crippen LogP contribution in [0.1, 0.15) is 25.6 Å². The van der Waals surface area contributed by atoms with Gasteiger partial charge in [-0.1, -0.05) is 6.92 Å². The summed E-state index contributed by atoms with van der Waals surface area (Å²) in [5.41, 5.74) is 0. The third-order valence-corrected chi connectivity index (χ3v) is 3.69. The molecule has 0 aliphatic carbocycles. The Morgan fingerprint density at radius 2 is 2.47 bits per heavy atom. The lowest BCUT2D eigenvalue weighted by Crippen LogP contribution is -2.44. The quantitative estimate of drug-likeness (QED) is 0.843. The first-order valence-electron chi connectivity index (χ1n) is 5.58. The van der Waals surface area contributed by atoms with E-state index >= 15 is 0 Å². The smallest absolute Gasteiger partial charge is 0.205 e. The molecule has 0 bridgehead atoms. The Hall–Kier alpha value is -0.680. The maximum absolute atomic E-state index is 4.53. The van der Waals surface area contributed by atoms with Crippen LogP contribution in [-0.2, 0) is 6.42 Å². The number of likely N-dealkylation sites (N-methyl/N-ethyl adjacent to an activating group) is 1. The second kappa shape index (κ2) is 4.90. The van der Waals surface area contributed by atoms with Crippen LogP contribution in [-0.4, -0.2) is 35.5 Å². The van der Waals surface area contributed by atoms with Crippen molar-refractivity contribution in [1.82, 2.24) is 14.7 Å². The molecule has 1 aromatic heterocycles. The molecule has 0 saturated carbocycles. The van der Waals surface area contributed by atoms with E-state index < -0.39 is 0 Å². The number of aromatic nitrogens is 2. The number of anilines is 1. The molecule has 1 N–H and O–H groups in total. The number of rotatable bonds is 3. The highest BCUT2D eigenvalue weighted by atomic mass is 32.1. The van der Waals surface area contributed by atoms with Crippen LogP contribution in [0.15, 0.2) is 0 Å². The lowest BCUT2D eigenvalue weighted by molar-refractivity contribution is 0.449. The molecule has 84 valence electrons. The highest BCUT2D eigenvalue weighted by Gasteiger charge is 2.20. The average molecular weight is 226 g/mol. The molecule has 0 spiro atoms. The van der Waals surface area contributed by atoms with Gasteiger partial charge in [-0.25, -0.2) is 4.98 Å². The maximum atomic E-state index is 4.53. The zero-order valence-corrected chi connectivity index (χ0v) is 10.2. The highest BCUT2D eigenvalue weighted by molar-refractivity contribution is 7.09. The summed E-state index contributed by atoms with van der Waals surface area (Å²) < 4.78 is 4.33. The first-order chi connectivity index (χ1) is 7.33. The van der Waals surface area contributed by atoms with Crippen molar-refractivity contribution < 1.29 is 0 Å². The largest absolute Gasteiger partial charge is 0.345 e. The van der Waals surface area contributed by atoms with Gasteiger partial charge in [0.15, 0.2) is 0 Å². The van der Waals surface area contributed by atoms with E-state index in [0.29, 0.717) is 6.04 Å². The van der Waals surface area contributed by atoms with Crippen molar-refractivity contribution in [3.8, 4) is 0 Å². The Bertz CT molecular complexity index is 312. The maximum Gasteiger partial charge on any atom is 0.205 e. The van der Waals surface area contributed by atoms with Gasteiger partial charge >= 0.3 is 0 Å². The fourth-order valence-corrected chi connectivity index (χ4v) is 2.69. The van der Waals surface area contributed by atoms with E-state index in [-0.39, 0.29) is 0 Å². The molecule has 0 amide bonds. The Kier molecular flexibility index (Phi) is 3.53.